The van der Waals surface area contributed by atoms with E-state index in [-0.39, 0.29) is 6.04 Å². The zero-order valence-electron chi connectivity index (χ0n) is 12.5. The van der Waals surface area contributed by atoms with Gasteiger partial charge in [0.2, 0.25) is 11.8 Å². The molecule has 0 spiro atoms. The Hall–Kier alpha value is -1.59. The molecule has 1 aromatic carbocycles. The van der Waals surface area contributed by atoms with E-state index in [0.717, 1.165) is 18.7 Å². The fourth-order valence-corrected chi connectivity index (χ4v) is 1.92. The second-order valence-electron chi connectivity index (χ2n) is 4.85. The molecule has 0 unspecified atom stereocenters. The normalized spacial score (nSPS) is 12.6. The number of ether oxygens (including phenoxy) is 1. The third kappa shape index (κ3) is 4.44. The van der Waals surface area contributed by atoms with E-state index in [2.05, 4.69) is 15.1 Å². The van der Waals surface area contributed by atoms with Gasteiger partial charge in [-0.1, -0.05) is 18.5 Å². The third-order valence-corrected chi connectivity index (χ3v) is 3.58. The monoisotopic (exact) mass is 309 g/mol. The van der Waals surface area contributed by atoms with Gasteiger partial charge in [-0.3, -0.25) is 4.90 Å². The summed E-state index contributed by atoms with van der Waals surface area (Å²) in [5.74, 6) is 2.12. The highest BCUT2D eigenvalue weighted by atomic mass is 35.5. The maximum atomic E-state index is 5.83. The first-order chi connectivity index (χ1) is 10.1. The molecule has 1 atom stereocenters. The Morgan fingerprint density at radius 1 is 1.29 bits per heavy atom. The van der Waals surface area contributed by atoms with E-state index in [4.69, 9.17) is 20.8 Å². The van der Waals surface area contributed by atoms with Crippen LogP contribution >= 0.6 is 11.6 Å². The van der Waals surface area contributed by atoms with Gasteiger partial charge in [0.1, 0.15) is 12.4 Å². The summed E-state index contributed by atoms with van der Waals surface area (Å²) in [6.45, 7) is 5.37. The Morgan fingerprint density at radius 3 is 2.62 bits per heavy atom. The van der Waals surface area contributed by atoms with Crippen molar-refractivity contribution in [1.82, 2.24) is 15.1 Å². The number of likely N-dealkylation sites (N-methyl/N-ethyl adjacent to an activating group) is 1. The minimum atomic E-state index is 0.0617. The van der Waals surface area contributed by atoms with Gasteiger partial charge in [0.05, 0.1) is 6.04 Å². The molecule has 0 saturated heterocycles. The van der Waals surface area contributed by atoms with E-state index in [1.807, 2.05) is 45.2 Å². The zero-order valence-corrected chi connectivity index (χ0v) is 13.3. The number of aryl methyl sites for hydroxylation is 1. The fraction of sp³-hybridized carbons (Fsp3) is 0.467. The number of rotatable bonds is 7. The maximum absolute atomic E-state index is 5.83. The van der Waals surface area contributed by atoms with Crippen LogP contribution < -0.4 is 4.74 Å². The summed E-state index contributed by atoms with van der Waals surface area (Å²) in [5.41, 5.74) is 0. The average Bonchev–Trinajstić information content (AvgIpc) is 2.97. The molecule has 0 bridgehead atoms. The van der Waals surface area contributed by atoms with Crippen molar-refractivity contribution < 1.29 is 9.15 Å². The molecule has 114 valence electrons. The quantitative estimate of drug-likeness (QED) is 0.785. The van der Waals surface area contributed by atoms with Crippen molar-refractivity contribution in [3.8, 4) is 5.75 Å². The molecule has 0 aliphatic carbocycles. The number of nitrogens with zero attached hydrogens (tertiary/aromatic N) is 3. The Labute approximate surface area is 129 Å². The van der Waals surface area contributed by atoms with Crippen LogP contribution in [0.4, 0.5) is 0 Å². The number of aromatic nitrogens is 2. The van der Waals surface area contributed by atoms with Crippen molar-refractivity contribution in [1.29, 1.82) is 0 Å². The van der Waals surface area contributed by atoms with Gasteiger partial charge in [0.25, 0.3) is 0 Å². The molecule has 6 heteroatoms. The van der Waals surface area contributed by atoms with Crippen LogP contribution in [0.5, 0.6) is 5.75 Å². The molecule has 5 nitrogen and oxygen atoms in total. The van der Waals surface area contributed by atoms with Crippen molar-refractivity contribution in [2.24, 2.45) is 0 Å². The molecule has 2 rings (SSSR count). The minimum absolute atomic E-state index is 0.0617. The summed E-state index contributed by atoms with van der Waals surface area (Å²) >= 11 is 5.83. The highest BCUT2D eigenvalue weighted by Crippen LogP contribution is 2.18. The summed E-state index contributed by atoms with van der Waals surface area (Å²) < 4.78 is 11.3. The smallest absolute Gasteiger partial charge is 0.233 e. The molecule has 0 radical (unpaired) electrons. The van der Waals surface area contributed by atoms with E-state index in [9.17, 15) is 0 Å². The number of hydrogen-bond donors (Lipinski definition) is 0. The van der Waals surface area contributed by atoms with Gasteiger partial charge >= 0.3 is 0 Å². The first kappa shape index (κ1) is 15.8. The van der Waals surface area contributed by atoms with Crippen molar-refractivity contribution >= 4 is 11.6 Å². The Bertz CT molecular complexity index is 556. The summed E-state index contributed by atoms with van der Waals surface area (Å²) in [6, 6.07) is 7.41. The summed E-state index contributed by atoms with van der Waals surface area (Å²) in [7, 11) is 2.01. The standard InChI is InChI=1S/C15H20ClN3O2/c1-4-14-17-18-15(21-14)11(2)19(3)9-10-20-13-7-5-12(16)6-8-13/h5-8,11H,4,9-10H2,1-3H3/t11-/m1/s1. The average molecular weight is 310 g/mol. The highest BCUT2D eigenvalue weighted by molar-refractivity contribution is 6.30. The first-order valence-electron chi connectivity index (χ1n) is 7.01. The van der Waals surface area contributed by atoms with Gasteiger partial charge in [-0.2, -0.15) is 0 Å². The van der Waals surface area contributed by atoms with Crippen LogP contribution in [0.15, 0.2) is 28.7 Å². The minimum Gasteiger partial charge on any atom is -0.492 e. The van der Waals surface area contributed by atoms with E-state index >= 15 is 0 Å². The lowest BCUT2D eigenvalue weighted by Crippen LogP contribution is -2.27. The molecule has 0 aliphatic heterocycles. The van der Waals surface area contributed by atoms with Crippen molar-refractivity contribution in [2.75, 3.05) is 20.2 Å². The topological polar surface area (TPSA) is 51.4 Å². The molecule has 1 heterocycles. The molecule has 0 N–H and O–H groups in total. The van der Waals surface area contributed by atoms with Crippen LogP contribution in [-0.4, -0.2) is 35.3 Å². The molecule has 21 heavy (non-hydrogen) atoms. The maximum Gasteiger partial charge on any atom is 0.233 e. The fourth-order valence-electron chi connectivity index (χ4n) is 1.80. The van der Waals surface area contributed by atoms with Crippen molar-refractivity contribution in [2.45, 2.75) is 26.3 Å². The van der Waals surface area contributed by atoms with Crippen LogP contribution in [0.3, 0.4) is 0 Å². The lowest BCUT2D eigenvalue weighted by Gasteiger charge is -2.21. The van der Waals surface area contributed by atoms with E-state index in [1.54, 1.807) is 0 Å². The molecule has 0 aliphatic rings. The van der Waals surface area contributed by atoms with E-state index in [1.165, 1.54) is 0 Å². The third-order valence-electron chi connectivity index (χ3n) is 3.33. The molecular weight excluding hydrogens is 290 g/mol. The van der Waals surface area contributed by atoms with Crippen molar-refractivity contribution in [3.63, 3.8) is 0 Å². The van der Waals surface area contributed by atoms with Crippen LogP contribution in [0.2, 0.25) is 5.02 Å². The lowest BCUT2D eigenvalue weighted by atomic mass is 10.3. The van der Waals surface area contributed by atoms with Gasteiger partial charge in [-0.25, -0.2) is 0 Å². The molecular formula is C15H20ClN3O2. The SMILES string of the molecule is CCc1nnc([C@@H](C)N(C)CCOc2ccc(Cl)cc2)o1. The molecule has 0 saturated carbocycles. The Morgan fingerprint density at radius 2 is 2.00 bits per heavy atom. The molecule has 2 aromatic rings. The largest absolute Gasteiger partial charge is 0.492 e. The van der Waals surface area contributed by atoms with Crippen LogP contribution in [0.25, 0.3) is 0 Å². The van der Waals surface area contributed by atoms with Gasteiger partial charge in [-0.05, 0) is 38.2 Å². The van der Waals surface area contributed by atoms with Crippen LogP contribution in [0, 0.1) is 0 Å². The second kappa shape index (κ2) is 7.43. The lowest BCUT2D eigenvalue weighted by molar-refractivity contribution is 0.180. The van der Waals surface area contributed by atoms with E-state index in [0.29, 0.717) is 23.4 Å². The van der Waals surface area contributed by atoms with E-state index < -0.39 is 0 Å². The summed E-state index contributed by atoms with van der Waals surface area (Å²) in [4.78, 5) is 2.11. The Balaban J connectivity index is 1.80. The predicted molar refractivity (Wildman–Crippen MR) is 81.7 cm³/mol. The second-order valence-corrected chi connectivity index (χ2v) is 5.28. The van der Waals surface area contributed by atoms with Gasteiger partial charge < -0.3 is 9.15 Å². The number of benzene rings is 1. The molecule has 1 aromatic heterocycles. The van der Waals surface area contributed by atoms with Gasteiger partial charge in [-0.15, -0.1) is 10.2 Å². The molecule has 0 amide bonds. The number of hydrogen-bond acceptors (Lipinski definition) is 5. The van der Waals surface area contributed by atoms with Crippen LogP contribution in [-0.2, 0) is 6.42 Å². The zero-order chi connectivity index (χ0) is 15.2. The summed E-state index contributed by atoms with van der Waals surface area (Å²) in [6.07, 6.45) is 0.753. The molecule has 0 fully saturated rings. The summed E-state index contributed by atoms with van der Waals surface area (Å²) in [5, 5.41) is 8.76. The van der Waals surface area contributed by atoms with Crippen molar-refractivity contribution in [3.05, 3.63) is 41.1 Å². The van der Waals surface area contributed by atoms with Gasteiger partial charge in [0, 0.05) is 18.0 Å². The number of halogens is 1. The van der Waals surface area contributed by atoms with Gasteiger partial charge in [0.15, 0.2) is 0 Å². The van der Waals surface area contributed by atoms with Crippen LogP contribution in [0.1, 0.15) is 31.7 Å². The Kier molecular flexibility index (Phi) is 5.59. The predicted octanol–water partition coefficient (Wildman–Crippen LogP) is 3.36. The first-order valence-corrected chi connectivity index (χ1v) is 7.38. The highest BCUT2D eigenvalue weighted by Gasteiger charge is 2.17.